The van der Waals surface area contributed by atoms with Crippen molar-refractivity contribution in [3.8, 4) is 0 Å². The van der Waals surface area contributed by atoms with Crippen LogP contribution >= 0.6 is 0 Å². The SMILES string of the molecule is CCCc1nc2cc([N+](=O)[O-])ccc2n1Cc1ccccc1C(=O)OCC. The number of aromatic nitrogens is 2. The number of imidazole rings is 1. The molecule has 0 spiro atoms. The summed E-state index contributed by atoms with van der Waals surface area (Å²) in [4.78, 5) is 27.5. The van der Waals surface area contributed by atoms with E-state index in [-0.39, 0.29) is 11.7 Å². The summed E-state index contributed by atoms with van der Waals surface area (Å²) in [5.74, 6) is 0.483. The highest BCUT2D eigenvalue weighted by Crippen LogP contribution is 2.24. The second-order valence-electron chi connectivity index (χ2n) is 6.17. The molecule has 27 heavy (non-hydrogen) atoms. The van der Waals surface area contributed by atoms with Gasteiger partial charge in [-0.2, -0.15) is 0 Å². The number of aryl methyl sites for hydroxylation is 1. The highest BCUT2D eigenvalue weighted by atomic mass is 16.6. The molecule has 0 atom stereocenters. The van der Waals surface area contributed by atoms with Gasteiger partial charge in [-0.25, -0.2) is 9.78 Å². The number of hydrogen-bond donors (Lipinski definition) is 0. The number of nitrogens with zero attached hydrogens (tertiary/aromatic N) is 3. The Morgan fingerprint density at radius 3 is 2.70 bits per heavy atom. The number of fused-ring (bicyclic) bond motifs is 1. The maximum absolute atomic E-state index is 12.3. The number of benzene rings is 2. The fraction of sp³-hybridized carbons (Fsp3) is 0.300. The molecule has 0 saturated heterocycles. The molecule has 0 fully saturated rings. The van der Waals surface area contributed by atoms with Crippen LogP contribution in [0.2, 0.25) is 0 Å². The first-order valence-electron chi connectivity index (χ1n) is 8.93. The summed E-state index contributed by atoms with van der Waals surface area (Å²) in [6, 6.07) is 12.0. The van der Waals surface area contributed by atoms with E-state index in [0.29, 0.717) is 24.2 Å². The number of carbonyl (C=O) groups excluding carboxylic acids is 1. The van der Waals surface area contributed by atoms with Crippen LogP contribution in [0.4, 0.5) is 5.69 Å². The zero-order valence-electron chi connectivity index (χ0n) is 15.3. The Kier molecular flexibility index (Phi) is 5.49. The molecule has 1 heterocycles. The smallest absolute Gasteiger partial charge is 0.338 e. The summed E-state index contributed by atoms with van der Waals surface area (Å²) in [5.41, 5.74) is 2.75. The van der Waals surface area contributed by atoms with Crippen molar-refractivity contribution in [3.63, 3.8) is 0 Å². The van der Waals surface area contributed by atoms with Crippen LogP contribution in [0, 0.1) is 10.1 Å². The molecule has 0 aliphatic heterocycles. The minimum absolute atomic E-state index is 0.0159. The van der Waals surface area contributed by atoms with Crippen molar-refractivity contribution in [1.29, 1.82) is 0 Å². The van der Waals surface area contributed by atoms with Gasteiger partial charge in [-0.3, -0.25) is 10.1 Å². The van der Waals surface area contributed by atoms with Crippen LogP contribution in [0.25, 0.3) is 11.0 Å². The van der Waals surface area contributed by atoms with Gasteiger partial charge < -0.3 is 9.30 Å². The lowest BCUT2D eigenvalue weighted by Gasteiger charge is -2.12. The first-order valence-corrected chi connectivity index (χ1v) is 8.93. The number of hydrogen-bond acceptors (Lipinski definition) is 5. The number of nitro groups is 1. The topological polar surface area (TPSA) is 87.3 Å². The lowest BCUT2D eigenvalue weighted by atomic mass is 10.1. The summed E-state index contributed by atoms with van der Waals surface area (Å²) in [7, 11) is 0. The minimum atomic E-state index is -0.423. The molecule has 7 heteroatoms. The molecule has 0 bridgehead atoms. The van der Waals surface area contributed by atoms with Crippen LogP contribution in [-0.4, -0.2) is 27.1 Å². The maximum Gasteiger partial charge on any atom is 0.338 e. The van der Waals surface area contributed by atoms with Crippen LogP contribution < -0.4 is 0 Å². The second kappa shape index (κ2) is 7.99. The predicted molar refractivity (Wildman–Crippen MR) is 102 cm³/mol. The zero-order valence-corrected chi connectivity index (χ0v) is 15.3. The van der Waals surface area contributed by atoms with Gasteiger partial charge in [0.2, 0.25) is 0 Å². The van der Waals surface area contributed by atoms with E-state index < -0.39 is 4.92 Å². The van der Waals surface area contributed by atoms with Crippen LogP contribution in [-0.2, 0) is 17.7 Å². The first kappa shape index (κ1) is 18.6. The summed E-state index contributed by atoms with van der Waals surface area (Å²) in [5, 5.41) is 11.1. The van der Waals surface area contributed by atoms with E-state index >= 15 is 0 Å². The Labute approximate surface area is 156 Å². The van der Waals surface area contributed by atoms with E-state index in [4.69, 9.17) is 4.74 Å². The quantitative estimate of drug-likeness (QED) is 0.356. The Bertz CT molecular complexity index is 994. The third kappa shape index (κ3) is 3.81. The van der Waals surface area contributed by atoms with E-state index in [9.17, 15) is 14.9 Å². The standard InChI is InChI=1S/C20H21N3O4/c1-3-7-19-21-17-12-15(23(25)26)10-11-18(17)22(19)13-14-8-5-6-9-16(14)20(24)27-4-2/h5-6,8-12H,3-4,7,13H2,1-2H3. The third-order valence-corrected chi connectivity index (χ3v) is 4.34. The number of non-ortho nitro benzene ring substituents is 1. The van der Waals surface area contributed by atoms with Gasteiger partial charge >= 0.3 is 5.97 Å². The van der Waals surface area contributed by atoms with E-state index in [1.165, 1.54) is 12.1 Å². The molecule has 0 aliphatic rings. The molecule has 2 aromatic carbocycles. The molecule has 7 nitrogen and oxygen atoms in total. The first-order chi connectivity index (χ1) is 13.0. The summed E-state index contributed by atoms with van der Waals surface area (Å²) >= 11 is 0. The van der Waals surface area contributed by atoms with Gasteiger partial charge in [0.05, 0.1) is 34.7 Å². The van der Waals surface area contributed by atoms with E-state index in [0.717, 1.165) is 29.7 Å². The second-order valence-corrected chi connectivity index (χ2v) is 6.17. The van der Waals surface area contributed by atoms with Crippen molar-refractivity contribution in [2.75, 3.05) is 6.61 Å². The van der Waals surface area contributed by atoms with Crippen molar-refractivity contribution in [3.05, 3.63) is 69.5 Å². The van der Waals surface area contributed by atoms with Gasteiger partial charge in [-0.1, -0.05) is 25.1 Å². The third-order valence-electron chi connectivity index (χ3n) is 4.34. The molecule has 0 unspecified atom stereocenters. The largest absolute Gasteiger partial charge is 0.462 e. The Hall–Kier alpha value is -3.22. The van der Waals surface area contributed by atoms with Crippen molar-refractivity contribution >= 4 is 22.7 Å². The van der Waals surface area contributed by atoms with Crippen LogP contribution in [0.5, 0.6) is 0 Å². The minimum Gasteiger partial charge on any atom is -0.462 e. The van der Waals surface area contributed by atoms with Gasteiger partial charge in [0.1, 0.15) is 5.82 Å². The predicted octanol–water partition coefficient (Wildman–Crippen LogP) is 4.12. The molecule has 0 amide bonds. The zero-order chi connectivity index (χ0) is 19.4. The van der Waals surface area contributed by atoms with Crippen molar-refractivity contribution < 1.29 is 14.5 Å². The summed E-state index contributed by atoms with van der Waals surface area (Å²) < 4.78 is 7.17. The average Bonchev–Trinajstić information content (AvgIpc) is 2.99. The average molecular weight is 367 g/mol. The Morgan fingerprint density at radius 2 is 2.00 bits per heavy atom. The van der Waals surface area contributed by atoms with Gasteiger partial charge in [0.25, 0.3) is 5.69 Å². The fourth-order valence-corrected chi connectivity index (χ4v) is 3.11. The molecular formula is C20H21N3O4. The lowest BCUT2D eigenvalue weighted by molar-refractivity contribution is -0.384. The highest BCUT2D eigenvalue weighted by molar-refractivity contribution is 5.91. The molecular weight excluding hydrogens is 346 g/mol. The number of esters is 1. The molecule has 140 valence electrons. The molecule has 3 rings (SSSR count). The monoisotopic (exact) mass is 367 g/mol. The number of carbonyl (C=O) groups is 1. The van der Waals surface area contributed by atoms with E-state index in [1.54, 1.807) is 25.1 Å². The number of rotatable bonds is 7. The molecule has 0 N–H and O–H groups in total. The maximum atomic E-state index is 12.3. The van der Waals surface area contributed by atoms with Gasteiger partial charge in [-0.05, 0) is 31.0 Å². The van der Waals surface area contributed by atoms with Crippen LogP contribution in [0.3, 0.4) is 0 Å². The van der Waals surface area contributed by atoms with Crippen molar-refractivity contribution in [2.45, 2.75) is 33.2 Å². The number of nitro benzene ring substituents is 1. The Morgan fingerprint density at radius 1 is 1.22 bits per heavy atom. The molecule has 1 aromatic heterocycles. The summed E-state index contributed by atoms with van der Waals surface area (Å²) in [6.07, 6.45) is 1.63. The molecule has 0 aliphatic carbocycles. The van der Waals surface area contributed by atoms with E-state index in [2.05, 4.69) is 11.9 Å². The molecule has 0 radical (unpaired) electrons. The normalized spacial score (nSPS) is 10.9. The van der Waals surface area contributed by atoms with E-state index in [1.807, 2.05) is 16.7 Å². The molecule has 3 aromatic rings. The fourth-order valence-electron chi connectivity index (χ4n) is 3.11. The van der Waals surface area contributed by atoms with Gasteiger partial charge in [0, 0.05) is 18.6 Å². The summed E-state index contributed by atoms with van der Waals surface area (Å²) in [6.45, 7) is 4.58. The molecule has 0 saturated carbocycles. The van der Waals surface area contributed by atoms with Crippen molar-refractivity contribution in [2.24, 2.45) is 0 Å². The lowest BCUT2D eigenvalue weighted by Crippen LogP contribution is -2.12. The van der Waals surface area contributed by atoms with Gasteiger partial charge in [-0.15, -0.1) is 0 Å². The van der Waals surface area contributed by atoms with Crippen LogP contribution in [0.1, 0.15) is 42.0 Å². The highest BCUT2D eigenvalue weighted by Gasteiger charge is 2.17. The number of ether oxygens (including phenoxy) is 1. The van der Waals surface area contributed by atoms with Crippen molar-refractivity contribution in [1.82, 2.24) is 9.55 Å². The Balaban J connectivity index is 2.08. The van der Waals surface area contributed by atoms with Crippen LogP contribution in [0.15, 0.2) is 42.5 Å². The van der Waals surface area contributed by atoms with Gasteiger partial charge in [0.15, 0.2) is 0 Å².